The number of carbonyl (C=O) groups is 1. The first-order valence-electron chi connectivity index (χ1n) is 7.30. The molecule has 0 aliphatic heterocycles. The smallest absolute Gasteiger partial charge is 0.257 e. The lowest BCUT2D eigenvalue weighted by Crippen LogP contribution is -2.38. The zero-order valence-electron chi connectivity index (χ0n) is 12.5. The average Bonchev–Trinajstić information content (AvgIpc) is 2.48. The van der Waals surface area contributed by atoms with Gasteiger partial charge in [-0.15, -0.1) is 0 Å². The van der Waals surface area contributed by atoms with E-state index in [0.29, 0.717) is 22.9 Å². The quantitative estimate of drug-likeness (QED) is 0.930. The summed E-state index contributed by atoms with van der Waals surface area (Å²) in [5.74, 6) is 0.533. The van der Waals surface area contributed by atoms with E-state index in [9.17, 15) is 9.90 Å². The van der Waals surface area contributed by atoms with Gasteiger partial charge >= 0.3 is 0 Å². The summed E-state index contributed by atoms with van der Waals surface area (Å²) < 4.78 is 5.23. The number of methoxy groups -OCH3 is 1. The molecule has 1 N–H and O–H groups in total. The summed E-state index contributed by atoms with van der Waals surface area (Å²) in [6, 6.07) is 5.01. The fourth-order valence-electron chi connectivity index (χ4n) is 2.89. The van der Waals surface area contributed by atoms with Gasteiger partial charge in [-0.3, -0.25) is 4.79 Å². The Morgan fingerprint density at radius 3 is 2.81 bits per heavy atom. The molecule has 2 rings (SSSR count). The van der Waals surface area contributed by atoms with Gasteiger partial charge in [0.2, 0.25) is 0 Å². The van der Waals surface area contributed by atoms with Crippen molar-refractivity contribution in [3.05, 3.63) is 28.8 Å². The summed E-state index contributed by atoms with van der Waals surface area (Å²) in [5.41, 5.74) is 0.456. The maximum atomic E-state index is 12.6. The predicted octanol–water partition coefficient (Wildman–Crippen LogP) is 2.97. The largest absolute Gasteiger partial charge is 0.496 e. The molecule has 2 unspecified atom stereocenters. The Kier molecular flexibility index (Phi) is 5.48. The van der Waals surface area contributed by atoms with Crippen molar-refractivity contribution < 1.29 is 14.6 Å². The molecule has 1 saturated carbocycles. The summed E-state index contributed by atoms with van der Waals surface area (Å²) >= 11 is 5.97. The number of rotatable bonds is 4. The Bertz CT molecular complexity index is 506. The number of ether oxygens (including phenoxy) is 1. The van der Waals surface area contributed by atoms with Crippen LogP contribution in [0.1, 0.15) is 36.0 Å². The summed E-state index contributed by atoms with van der Waals surface area (Å²) in [6.45, 7) is 0.551. The molecule has 0 heterocycles. The minimum Gasteiger partial charge on any atom is -0.496 e. The normalized spacial score (nSPS) is 21.9. The molecular weight excluding hydrogens is 290 g/mol. The first-order chi connectivity index (χ1) is 10.0. The van der Waals surface area contributed by atoms with Gasteiger partial charge in [0, 0.05) is 24.5 Å². The number of hydrogen-bond donors (Lipinski definition) is 1. The van der Waals surface area contributed by atoms with Crippen molar-refractivity contribution in [1.29, 1.82) is 0 Å². The van der Waals surface area contributed by atoms with Crippen molar-refractivity contribution in [3.63, 3.8) is 0 Å². The Balaban J connectivity index is 2.10. The number of aliphatic hydroxyl groups excluding tert-OH is 1. The van der Waals surface area contributed by atoms with Gasteiger partial charge in [0.1, 0.15) is 5.75 Å². The monoisotopic (exact) mass is 311 g/mol. The summed E-state index contributed by atoms with van der Waals surface area (Å²) in [4.78, 5) is 14.2. The molecule has 1 aromatic rings. The molecule has 0 radical (unpaired) electrons. The third-order valence-electron chi connectivity index (χ3n) is 4.12. The van der Waals surface area contributed by atoms with Crippen LogP contribution in [0.4, 0.5) is 0 Å². The van der Waals surface area contributed by atoms with Gasteiger partial charge in [0.15, 0.2) is 0 Å². The lowest BCUT2D eigenvalue weighted by atomic mass is 9.86. The number of hydrogen-bond acceptors (Lipinski definition) is 3. The van der Waals surface area contributed by atoms with Crippen molar-refractivity contribution in [3.8, 4) is 5.75 Å². The van der Waals surface area contributed by atoms with E-state index in [1.807, 2.05) is 0 Å². The number of amides is 1. The highest BCUT2D eigenvalue weighted by molar-refractivity contribution is 6.31. The molecule has 1 aliphatic rings. The lowest BCUT2D eigenvalue weighted by Gasteiger charge is -2.31. The molecule has 4 nitrogen and oxygen atoms in total. The summed E-state index contributed by atoms with van der Waals surface area (Å²) in [6.07, 6.45) is 3.66. The predicted molar refractivity (Wildman–Crippen MR) is 82.9 cm³/mol. The van der Waals surface area contributed by atoms with Crippen LogP contribution in [0.15, 0.2) is 18.2 Å². The molecule has 0 saturated heterocycles. The first-order valence-corrected chi connectivity index (χ1v) is 7.67. The van der Waals surface area contributed by atoms with Gasteiger partial charge in [-0.05, 0) is 31.0 Å². The Morgan fingerprint density at radius 2 is 2.14 bits per heavy atom. The van der Waals surface area contributed by atoms with Gasteiger partial charge in [-0.25, -0.2) is 0 Å². The highest BCUT2D eigenvalue weighted by atomic mass is 35.5. The fraction of sp³-hybridized carbons (Fsp3) is 0.562. The van der Waals surface area contributed by atoms with Gasteiger partial charge in [0.25, 0.3) is 5.91 Å². The molecule has 1 aliphatic carbocycles. The minimum atomic E-state index is -0.310. The molecule has 5 heteroatoms. The number of benzene rings is 1. The molecule has 2 atom stereocenters. The van der Waals surface area contributed by atoms with Crippen molar-refractivity contribution in [2.45, 2.75) is 31.8 Å². The Hall–Kier alpha value is -1.26. The molecule has 0 bridgehead atoms. The van der Waals surface area contributed by atoms with E-state index in [-0.39, 0.29) is 17.9 Å². The van der Waals surface area contributed by atoms with E-state index in [0.717, 1.165) is 25.7 Å². The first kappa shape index (κ1) is 16.1. The van der Waals surface area contributed by atoms with E-state index < -0.39 is 0 Å². The zero-order chi connectivity index (χ0) is 15.4. The van der Waals surface area contributed by atoms with Crippen LogP contribution < -0.4 is 4.74 Å². The Labute approximate surface area is 130 Å². The summed E-state index contributed by atoms with van der Waals surface area (Å²) in [5, 5.41) is 10.5. The molecule has 21 heavy (non-hydrogen) atoms. The van der Waals surface area contributed by atoms with E-state index in [2.05, 4.69) is 0 Å². The van der Waals surface area contributed by atoms with Crippen molar-refractivity contribution in [2.75, 3.05) is 20.7 Å². The molecular formula is C16H22ClNO3. The van der Waals surface area contributed by atoms with Crippen molar-refractivity contribution in [2.24, 2.45) is 5.92 Å². The van der Waals surface area contributed by atoms with Gasteiger partial charge in [-0.1, -0.05) is 24.4 Å². The van der Waals surface area contributed by atoms with Crippen LogP contribution in [0, 0.1) is 5.92 Å². The average molecular weight is 312 g/mol. The minimum absolute atomic E-state index is 0.132. The van der Waals surface area contributed by atoms with E-state index in [1.54, 1.807) is 30.1 Å². The topological polar surface area (TPSA) is 49.8 Å². The van der Waals surface area contributed by atoms with Crippen LogP contribution in [0.2, 0.25) is 5.02 Å². The molecule has 0 spiro atoms. The fourth-order valence-corrected chi connectivity index (χ4v) is 3.06. The van der Waals surface area contributed by atoms with E-state index in [4.69, 9.17) is 16.3 Å². The van der Waals surface area contributed by atoms with Crippen molar-refractivity contribution >= 4 is 17.5 Å². The van der Waals surface area contributed by atoms with Crippen LogP contribution in [0.5, 0.6) is 5.75 Å². The second-order valence-electron chi connectivity index (χ2n) is 5.64. The Morgan fingerprint density at radius 1 is 1.43 bits per heavy atom. The van der Waals surface area contributed by atoms with Gasteiger partial charge in [0.05, 0.1) is 18.8 Å². The SMILES string of the molecule is COc1ccc(Cl)cc1C(=O)N(C)CC1CCCCC1O. The lowest BCUT2D eigenvalue weighted by molar-refractivity contribution is 0.0450. The maximum absolute atomic E-state index is 12.6. The number of halogens is 1. The number of carbonyl (C=O) groups excluding carboxylic acids is 1. The number of nitrogens with zero attached hydrogens (tertiary/aromatic N) is 1. The standard InChI is InChI=1S/C16H22ClNO3/c1-18(10-11-5-3-4-6-14(11)19)16(20)13-9-12(17)7-8-15(13)21-2/h7-9,11,14,19H,3-6,10H2,1-2H3. The third kappa shape index (κ3) is 3.89. The highest BCUT2D eigenvalue weighted by Gasteiger charge is 2.26. The second kappa shape index (κ2) is 7.14. The molecule has 1 aromatic carbocycles. The van der Waals surface area contributed by atoms with Crippen LogP contribution in [-0.2, 0) is 0 Å². The molecule has 116 valence electrons. The molecule has 1 amide bonds. The van der Waals surface area contributed by atoms with Gasteiger partial charge in [-0.2, -0.15) is 0 Å². The number of aliphatic hydroxyl groups is 1. The molecule has 1 fully saturated rings. The maximum Gasteiger partial charge on any atom is 0.257 e. The third-order valence-corrected chi connectivity index (χ3v) is 4.35. The van der Waals surface area contributed by atoms with E-state index in [1.165, 1.54) is 7.11 Å². The van der Waals surface area contributed by atoms with Crippen molar-refractivity contribution in [1.82, 2.24) is 4.90 Å². The summed E-state index contributed by atoms with van der Waals surface area (Å²) in [7, 11) is 3.29. The second-order valence-corrected chi connectivity index (χ2v) is 6.08. The zero-order valence-corrected chi connectivity index (χ0v) is 13.3. The van der Waals surface area contributed by atoms with E-state index >= 15 is 0 Å². The highest BCUT2D eigenvalue weighted by Crippen LogP contribution is 2.27. The molecule has 0 aromatic heterocycles. The van der Waals surface area contributed by atoms with Crippen LogP contribution >= 0.6 is 11.6 Å². The van der Waals surface area contributed by atoms with Crippen LogP contribution in [0.25, 0.3) is 0 Å². The van der Waals surface area contributed by atoms with Crippen LogP contribution in [-0.4, -0.2) is 42.7 Å². The van der Waals surface area contributed by atoms with Crippen LogP contribution in [0.3, 0.4) is 0 Å². The van der Waals surface area contributed by atoms with Gasteiger partial charge < -0.3 is 14.7 Å².